The van der Waals surface area contributed by atoms with Crippen molar-refractivity contribution in [2.45, 2.75) is 52.4 Å². The fourth-order valence-corrected chi connectivity index (χ4v) is 5.28. The molecule has 0 amide bonds. The van der Waals surface area contributed by atoms with Gasteiger partial charge < -0.3 is 9.97 Å². The summed E-state index contributed by atoms with van der Waals surface area (Å²) in [5.74, 6) is 0. The second kappa shape index (κ2) is 11.4. The SMILES string of the molecule is CC1(C)c2c[c-]c(-c3ccccn3)cc2-c2ccccc2C1(C)C.Cc1ccc(C)c(-c2[c-]cccc2)n1.[Ir]. The second-order valence-corrected chi connectivity index (χ2v) is 11.1. The van der Waals surface area contributed by atoms with E-state index in [0.717, 1.165) is 28.2 Å². The van der Waals surface area contributed by atoms with Crippen molar-refractivity contribution in [3.63, 3.8) is 0 Å². The van der Waals surface area contributed by atoms with Gasteiger partial charge in [-0.15, -0.1) is 65.2 Å². The van der Waals surface area contributed by atoms with E-state index in [9.17, 15) is 0 Å². The van der Waals surface area contributed by atoms with Crippen molar-refractivity contribution < 1.29 is 20.1 Å². The van der Waals surface area contributed by atoms with Gasteiger partial charge in [0, 0.05) is 32.0 Å². The van der Waals surface area contributed by atoms with Gasteiger partial charge in [0.15, 0.2) is 0 Å². The molecule has 6 rings (SSSR count). The van der Waals surface area contributed by atoms with E-state index in [4.69, 9.17) is 0 Å². The van der Waals surface area contributed by atoms with E-state index in [0.29, 0.717) is 0 Å². The van der Waals surface area contributed by atoms with Crippen LogP contribution in [0.15, 0.2) is 97.2 Å². The van der Waals surface area contributed by atoms with E-state index < -0.39 is 0 Å². The van der Waals surface area contributed by atoms with Crippen molar-refractivity contribution >= 4 is 0 Å². The molecule has 0 bridgehead atoms. The number of rotatable bonds is 2. The predicted molar refractivity (Wildman–Crippen MR) is 158 cm³/mol. The maximum atomic E-state index is 4.51. The molecule has 2 nitrogen and oxygen atoms in total. The van der Waals surface area contributed by atoms with Crippen LogP contribution >= 0.6 is 0 Å². The monoisotopic (exact) mass is 687 g/mol. The standard InChI is InChI=1S/C23H22N.C13H12N.Ir/c1-22(2)19-10-6-5-9-17(19)18-15-16(21-11-7-8-14-24-21)12-13-20(18)23(22,3)4;1-10-8-9-11(2)14-13(10)12-6-4-3-5-7-12;/h5-11,13-15H,1-4H3;3-6,8-9H,1-2H3;/q2*-1;. The number of hydrogen-bond donors (Lipinski definition) is 0. The number of pyridine rings is 2. The first-order chi connectivity index (χ1) is 18.2. The van der Waals surface area contributed by atoms with Crippen molar-refractivity contribution in [2.24, 2.45) is 0 Å². The maximum Gasteiger partial charge on any atom is 0.0266 e. The quantitative estimate of drug-likeness (QED) is 0.173. The summed E-state index contributed by atoms with van der Waals surface area (Å²) in [5, 5.41) is 0. The second-order valence-electron chi connectivity index (χ2n) is 11.1. The summed E-state index contributed by atoms with van der Waals surface area (Å²) in [5.41, 5.74) is 11.9. The van der Waals surface area contributed by atoms with E-state index in [1.54, 1.807) is 0 Å². The van der Waals surface area contributed by atoms with Crippen molar-refractivity contribution in [2.75, 3.05) is 0 Å². The summed E-state index contributed by atoms with van der Waals surface area (Å²) < 4.78 is 0. The Morgan fingerprint density at radius 1 is 0.667 bits per heavy atom. The fourth-order valence-electron chi connectivity index (χ4n) is 5.28. The molecular weight excluding hydrogens is 653 g/mol. The molecule has 0 atom stereocenters. The molecule has 199 valence electrons. The third-order valence-corrected chi connectivity index (χ3v) is 8.22. The average molecular weight is 687 g/mol. The zero-order valence-electron chi connectivity index (χ0n) is 23.5. The smallest absolute Gasteiger partial charge is 0.0266 e. The van der Waals surface area contributed by atoms with Gasteiger partial charge in [0.2, 0.25) is 0 Å². The minimum absolute atomic E-state index is 0. The van der Waals surface area contributed by atoms with Crippen LogP contribution in [0.4, 0.5) is 0 Å². The van der Waals surface area contributed by atoms with Crippen molar-refractivity contribution in [3.05, 3.63) is 132 Å². The van der Waals surface area contributed by atoms with Crippen LogP contribution in [-0.4, -0.2) is 9.97 Å². The Morgan fingerprint density at radius 3 is 2.10 bits per heavy atom. The number of aryl methyl sites for hydroxylation is 2. The third-order valence-electron chi connectivity index (χ3n) is 8.22. The summed E-state index contributed by atoms with van der Waals surface area (Å²) in [7, 11) is 0. The fraction of sp³-hybridized carbons (Fsp3) is 0.222. The van der Waals surface area contributed by atoms with E-state index in [2.05, 4.69) is 99.2 Å². The Labute approximate surface area is 246 Å². The van der Waals surface area contributed by atoms with Crippen LogP contribution in [-0.2, 0) is 30.9 Å². The van der Waals surface area contributed by atoms with Gasteiger partial charge in [0.1, 0.15) is 0 Å². The van der Waals surface area contributed by atoms with Crippen molar-refractivity contribution in [1.29, 1.82) is 0 Å². The van der Waals surface area contributed by atoms with E-state index in [1.165, 1.54) is 27.8 Å². The van der Waals surface area contributed by atoms with Gasteiger partial charge in [-0.1, -0.05) is 81.3 Å². The summed E-state index contributed by atoms with van der Waals surface area (Å²) in [6.07, 6.45) is 1.84. The maximum absolute atomic E-state index is 4.51. The summed E-state index contributed by atoms with van der Waals surface area (Å²) in [4.78, 5) is 9.00. The topological polar surface area (TPSA) is 25.8 Å². The van der Waals surface area contributed by atoms with E-state index in [-0.39, 0.29) is 30.9 Å². The van der Waals surface area contributed by atoms with Gasteiger partial charge in [-0.3, -0.25) is 0 Å². The minimum Gasteiger partial charge on any atom is -0.305 e. The van der Waals surface area contributed by atoms with Crippen LogP contribution in [0.3, 0.4) is 0 Å². The molecule has 0 N–H and O–H groups in total. The number of hydrogen-bond acceptors (Lipinski definition) is 2. The van der Waals surface area contributed by atoms with Crippen molar-refractivity contribution in [3.8, 4) is 33.6 Å². The number of aromatic nitrogens is 2. The normalized spacial score (nSPS) is 14.1. The van der Waals surface area contributed by atoms with E-state index >= 15 is 0 Å². The molecule has 0 fully saturated rings. The molecule has 5 aromatic rings. The van der Waals surface area contributed by atoms with Gasteiger partial charge in [-0.25, -0.2) is 0 Å². The molecule has 2 aromatic heterocycles. The molecule has 0 spiro atoms. The van der Waals surface area contributed by atoms with Crippen LogP contribution in [0.5, 0.6) is 0 Å². The van der Waals surface area contributed by atoms with Crippen LogP contribution in [0.25, 0.3) is 33.6 Å². The van der Waals surface area contributed by atoms with Gasteiger partial charge in [-0.2, -0.15) is 0 Å². The zero-order valence-corrected chi connectivity index (χ0v) is 25.9. The Morgan fingerprint density at radius 2 is 1.38 bits per heavy atom. The number of nitrogens with zero attached hydrogens (tertiary/aromatic N) is 2. The molecular formula is C36H34IrN2-2. The molecule has 1 aliphatic rings. The van der Waals surface area contributed by atoms with Gasteiger partial charge in [0.25, 0.3) is 0 Å². The van der Waals surface area contributed by atoms with E-state index in [1.807, 2.05) is 61.7 Å². The van der Waals surface area contributed by atoms with Crippen LogP contribution in [0.1, 0.15) is 50.1 Å². The largest absolute Gasteiger partial charge is 0.305 e. The molecule has 0 aliphatic heterocycles. The molecule has 0 saturated carbocycles. The Bertz CT molecular complexity index is 1570. The summed E-state index contributed by atoms with van der Waals surface area (Å²) in [6, 6.07) is 38.0. The number of benzene rings is 3. The first kappa shape index (κ1) is 28.6. The third kappa shape index (κ3) is 5.39. The van der Waals surface area contributed by atoms with Crippen molar-refractivity contribution in [1.82, 2.24) is 9.97 Å². The molecule has 3 heteroatoms. The van der Waals surface area contributed by atoms with Crippen LogP contribution in [0.2, 0.25) is 0 Å². The Hall–Kier alpha value is -3.39. The molecule has 39 heavy (non-hydrogen) atoms. The molecule has 1 radical (unpaired) electrons. The predicted octanol–water partition coefficient (Wildman–Crippen LogP) is 8.95. The molecule has 0 saturated heterocycles. The molecule has 2 heterocycles. The average Bonchev–Trinajstić information content (AvgIpc) is 2.94. The first-order valence-electron chi connectivity index (χ1n) is 13.2. The zero-order chi connectivity index (χ0) is 26.9. The first-order valence-corrected chi connectivity index (χ1v) is 13.2. The van der Waals surface area contributed by atoms with Crippen LogP contribution in [0, 0.1) is 26.0 Å². The minimum atomic E-state index is 0. The summed E-state index contributed by atoms with van der Waals surface area (Å²) >= 11 is 0. The molecule has 0 unspecified atom stereocenters. The van der Waals surface area contributed by atoms with Gasteiger partial charge in [0.05, 0.1) is 0 Å². The number of fused-ring (bicyclic) bond motifs is 3. The van der Waals surface area contributed by atoms with Gasteiger partial charge in [-0.05, 0) is 59.3 Å². The Kier molecular flexibility index (Phi) is 8.35. The van der Waals surface area contributed by atoms with Crippen LogP contribution < -0.4 is 0 Å². The van der Waals surface area contributed by atoms with Gasteiger partial charge >= 0.3 is 0 Å². The summed E-state index contributed by atoms with van der Waals surface area (Å²) in [6.45, 7) is 13.5. The Balaban J connectivity index is 0.000000202. The molecule has 1 aliphatic carbocycles. The molecule has 3 aromatic carbocycles.